The molecule has 0 aliphatic rings. The van der Waals surface area contributed by atoms with E-state index in [2.05, 4.69) is 28.5 Å². The molecule has 2 aromatic carbocycles. The molecule has 1 heterocycles. The minimum atomic E-state index is -0.462. The molecule has 3 rings (SSSR count). The number of benzene rings is 2. The lowest BCUT2D eigenvalue weighted by Gasteiger charge is -2.08. The summed E-state index contributed by atoms with van der Waals surface area (Å²) >= 11 is 1.27. The van der Waals surface area contributed by atoms with E-state index in [9.17, 15) is 14.9 Å². The zero-order valence-electron chi connectivity index (χ0n) is 19.1. The highest BCUT2D eigenvalue weighted by Gasteiger charge is 2.14. The van der Waals surface area contributed by atoms with Crippen molar-refractivity contribution >= 4 is 29.0 Å². The average molecular weight is 470 g/mol. The average Bonchev–Trinajstić information content (AvgIpc) is 3.13. The van der Waals surface area contributed by atoms with Gasteiger partial charge in [0.2, 0.25) is 5.91 Å². The fraction of sp³-hybridized carbons (Fsp3) is 0.348. The van der Waals surface area contributed by atoms with Crippen LogP contribution >= 0.6 is 11.8 Å². The molecule has 10 heteroatoms. The molecule has 3 aromatic rings. The number of methoxy groups -OCH3 is 1. The summed E-state index contributed by atoms with van der Waals surface area (Å²) in [6.07, 6.45) is 2.63. The Bertz CT molecular complexity index is 1160. The fourth-order valence-corrected chi connectivity index (χ4v) is 4.14. The van der Waals surface area contributed by atoms with E-state index in [1.54, 1.807) is 26.2 Å². The Morgan fingerprint density at radius 2 is 1.94 bits per heavy atom. The Labute approximate surface area is 196 Å². The summed E-state index contributed by atoms with van der Waals surface area (Å²) in [5.74, 6) is 1.57. The molecule has 33 heavy (non-hydrogen) atoms. The van der Waals surface area contributed by atoms with Gasteiger partial charge in [-0.3, -0.25) is 14.9 Å². The van der Waals surface area contributed by atoms with Gasteiger partial charge in [-0.1, -0.05) is 23.9 Å². The molecule has 0 aliphatic heterocycles. The summed E-state index contributed by atoms with van der Waals surface area (Å²) in [4.78, 5) is 22.9. The molecule has 174 valence electrons. The number of ether oxygens (including phenoxy) is 1. The van der Waals surface area contributed by atoms with E-state index in [-0.39, 0.29) is 17.3 Å². The van der Waals surface area contributed by atoms with Crippen molar-refractivity contribution in [1.82, 2.24) is 14.8 Å². The van der Waals surface area contributed by atoms with Crippen molar-refractivity contribution in [2.75, 3.05) is 18.2 Å². The zero-order chi connectivity index (χ0) is 24.0. The Morgan fingerprint density at radius 1 is 1.15 bits per heavy atom. The molecule has 0 fully saturated rings. The van der Waals surface area contributed by atoms with Crippen molar-refractivity contribution in [3.63, 3.8) is 0 Å². The van der Waals surface area contributed by atoms with E-state index < -0.39 is 4.92 Å². The normalized spacial score (nSPS) is 10.8. The minimum Gasteiger partial charge on any atom is -0.497 e. The predicted molar refractivity (Wildman–Crippen MR) is 128 cm³/mol. The minimum absolute atomic E-state index is 0.0248. The second-order valence-electron chi connectivity index (χ2n) is 7.70. The highest BCUT2D eigenvalue weighted by Crippen LogP contribution is 2.23. The topological polar surface area (TPSA) is 112 Å². The maximum atomic E-state index is 12.3. The lowest BCUT2D eigenvalue weighted by atomic mass is 10.0. The number of carbonyl (C=O) groups excluding carboxylic acids is 1. The molecule has 0 bridgehead atoms. The molecule has 1 aromatic heterocycles. The third-order valence-electron chi connectivity index (χ3n) is 5.34. The number of nitro groups is 1. The molecule has 0 saturated heterocycles. The van der Waals surface area contributed by atoms with E-state index >= 15 is 0 Å². The summed E-state index contributed by atoms with van der Waals surface area (Å²) in [6.45, 7) is 3.73. The molecule has 1 N–H and O–H groups in total. The molecule has 0 saturated carbocycles. The molecular weight excluding hydrogens is 442 g/mol. The summed E-state index contributed by atoms with van der Waals surface area (Å²) in [5.41, 5.74) is 3.39. The first-order valence-corrected chi connectivity index (χ1v) is 11.5. The number of hydrogen-bond acceptors (Lipinski definition) is 7. The standard InChI is InChI=1S/C23H27N5O4S/c1-15-8-10-18(13-20(15)28(30)31)24-22(29)14-33-23-26-25-21(27(23)3)7-5-6-17-9-11-19(32-4)12-16(17)2/h8-13H,5-7,14H2,1-4H3,(H,24,29). The van der Waals surface area contributed by atoms with Gasteiger partial charge in [-0.05, 0) is 56.0 Å². The number of rotatable bonds is 10. The first-order valence-electron chi connectivity index (χ1n) is 10.5. The SMILES string of the molecule is COc1ccc(CCCc2nnc(SCC(=O)Nc3ccc(C)c([N+](=O)[O-])c3)n2C)c(C)c1. The number of nitrogens with one attached hydrogen (secondary N) is 1. The summed E-state index contributed by atoms with van der Waals surface area (Å²) in [6, 6.07) is 10.7. The van der Waals surface area contributed by atoms with Gasteiger partial charge >= 0.3 is 0 Å². The second kappa shape index (κ2) is 11.0. The van der Waals surface area contributed by atoms with Gasteiger partial charge in [-0.2, -0.15) is 0 Å². The van der Waals surface area contributed by atoms with Gasteiger partial charge in [0.15, 0.2) is 5.16 Å². The number of thioether (sulfide) groups is 1. The van der Waals surface area contributed by atoms with Crippen LogP contribution in [0.15, 0.2) is 41.6 Å². The third-order valence-corrected chi connectivity index (χ3v) is 6.36. The van der Waals surface area contributed by atoms with Crippen LogP contribution in [0, 0.1) is 24.0 Å². The third kappa shape index (κ3) is 6.32. The van der Waals surface area contributed by atoms with Gasteiger partial charge in [0.05, 0.1) is 17.8 Å². The molecule has 1 amide bonds. The number of nitrogens with zero attached hydrogens (tertiary/aromatic N) is 4. The van der Waals surface area contributed by atoms with Gasteiger partial charge in [-0.25, -0.2) is 0 Å². The van der Waals surface area contributed by atoms with Crippen LogP contribution in [-0.2, 0) is 24.7 Å². The van der Waals surface area contributed by atoms with Crippen molar-refractivity contribution < 1.29 is 14.5 Å². The second-order valence-corrected chi connectivity index (χ2v) is 8.64. The van der Waals surface area contributed by atoms with E-state index in [0.29, 0.717) is 16.4 Å². The number of aryl methyl sites for hydroxylation is 4. The van der Waals surface area contributed by atoms with E-state index in [0.717, 1.165) is 30.8 Å². The number of carbonyl (C=O) groups is 1. The van der Waals surface area contributed by atoms with Crippen LogP contribution in [0.2, 0.25) is 0 Å². The van der Waals surface area contributed by atoms with Crippen LogP contribution < -0.4 is 10.1 Å². The van der Waals surface area contributed by atoms with Crippen molar-refractivity contribution in [3.8, 4) is 5.75 Å². The van der Waals surface area contributed by atoms with Crippen molar-refractivity contribution in [3.05, 3.63) is 69.0 Å². The predicted octanol–water partition coefficient (Wildman–Crippen LogP) is 4.25. The summed E-state index contributed by atoms with van der Waals surface area (Å²) in [7, 11) is 3.55. The number of anilines is 1. The monoisotopic (exact) mass is 469 g/mol. The summed E-state index contributed by atoms with van der Waals surface area (Å²) in [5, 5.41) is 22.9. The molecule has 0 aliphatic carbocycles. The zero-order valence-corrected chi connectivity index (χ0v) is 19.9. The van der Waals surface area contributed by atoms with Crippen LogP contribution in [-0.4, -0.2) is 38.5 Å². The van der Waals surface area contributed by atoms with E-state index in [4.69, 9.17) is 4.74 Å². The largest absolute Gasteiger partial charge is 0.497 e. The van der Waals surface area contributed by atoms with E-state index in [1.807, 2.05) is 23.7 Å². The fourth-order valence-electron chi connectivity index (χ4n) is 3.41. The Hall–Kier alpha value is -3.40. The van der Waals surface area contributed by atoms with E-state index in [1.165, 1.54) is 29.0 Å². The Kier molecular flexibility index (Phi) is 8.05. The lowest BCUT2D eigenvalue weighted by molar-refractivity contribution is -0.385. The first-order chi connectivity index (χ1) is 15.8. The summed E-state index contributed by atoms with van der Waals surface area (Å²) < 4.78 is 7.15. The van der Waals surface area contributed by atoms with Crippen molar-refractivity contribution in [2.45, 2.75) is 38.3 Å². The molecule has 0 unspecified atom stereocenters. The Balaban J connectivity index is 1.51. The molecule has 0 radical (unpaired) electrons. The maximum Gasteiger partial charge on any atom is 0.274 e. The number of amides is 1. The molecule has 9 nitrogen and oxygen atoms in total. The van der Waals surface area contributed by atoms with Gasteiger partial charge < -0.3 is 14.6 Å². The van der Waals surface area contributed by atoms with Gasteiger partial charge in [0.25, 0.3) is 5.69 Å². The number of hydrogen-bond donors (Lipinski definition) is 1. The quantitative estimate of drug-likeness (QED) is 0.268. The highest BCUT2D eigenvalue weighted by atomic mass is 32.2. The Morgan fingerprint density at radius 3 is 2.64 bits per heavy atom. The highest BCUT2D eigenvalue weighted by molar-refractivity contribution is 7.99. The molecular formula is C23H27N5O4S. The maximum absolute atomic E-state index is 12.3. The van der Waals surface area contributed by atoms with Crippen LogP contribution in [0.4, 0.5) is 11.4 Å². The van der Waals surface area contributed by atoms with Crippen LogP contribution in [0.5, 0.6) is 5.75 Å². The lowest BCUT2D eigenvalue weighted by Crippen LogP contribution is -2.14. The van der Waals surface area contributed by atoms with Crippen molar-refractivity contribution in [1.29, 1.82) is 0 Å². The van der Waals surface area contributed by atoms with Gasteiger partial charge in [-0.15, -0.1) is 10.2 Å². The number of aromatic nitrogens is 3. The molecule has 0 spiro atoms. The van der Waals surface area contributed by atoms with Crippen LogP contribution in [0.1, 0.15) is 28.9 Å². The smallest absolute Gasteiger partial charge is 0.274 e. The first kappa shape index (κ1) is 24.2. The number of nitro benzene ring substituents is 1. The van der Waals surface area contributed by atoms with Crippen molar-refractivity contribution in [2.24, 2.45) is 7.05 Å². The van der Waals surface area contributed by atoms with Crippen LogP contribution in [0.3, 0.4) is 0 Å². The van der Waals surface area contributed by atoms with Crippen LogP contribution in [0.25, 0.3) is 0 Å². The molecule has 0 atom stereocenters. The van der Waals surface area contributed by atoms with Gasteiger partial charge in [0, 0.05) is 30.8 Å². The van der Waals surface area contributed by atoms with Gasteiger partial charge in [0.1, 0.15) is 11.6 Å².